The van der Waals surface area contributed by atoms with E-state index in [1.54, 1.807) is 0 Å². The molecular formula is C4H11O4P. The molecule has 56 valence electrons. The van der Waals surface area contributed by atoms with Crippen molar-refractivity contribution >= 4 is 7.60 Å². The summed E-state index contributed by atoms with van der Waals surface area (Å²) in [6.45, 7) is 1.35. The first-order valence-corrected chi connectivity index (χ1v) is 4.07. The summed E-state index contributed by atoms with van der Waals surface area (Å²) < 4.78 is 19.8. The molecule has 1 atom stereocenters. The average molecular weight is 154 g/mol. The first-order chi connectivity index (χ1) is 4.06. The highest BCUT2D eigenvalue weighted by Crippen LogP contribution is 2.49. The van der Waals surface area contributed by atoms with Gasteiger partial charge in [-0.05, 0) is 6.92 Å². The van der Waals surface area contributed by atoms with Crippen LogP contribution in [0.3, 0.4) is 0 Å². The topological polar surface area (TPSA) is 55.8 Å². The van der Waals surface area contributed by atoms with E-state index >= 15 is 0 Å². The van der Waals surface area contributed by atoms with Crippen molar-refractivity contribution < 1.29 is 18.7 Å². The van der Waals surface area contributed by atoms with Crippen LogP contribution in [0.25, 0.3) is 0 Å². The Labute approximate surface area is 54.3 Å². The molecule has 9 heavy (non-hydrogen) atoms. The number of hydrogen-bond acceptors (Lipinski definition) is 4. The van der Waals surface area contributed by atoms with Gasteiger partial charge in [-0.25, -0.2) is 0 Å². The lowest BCUT2D eigenvalue weighted by Crippen LogP contribution is -2.04. The summed E-state index contributed by atoms with van der Waals surface area (Å²) in [6.07, 6.45) is 0. The lowest BCUT2D eigenvalue weighted by Gasteiger charge is -2.15. The second-order valence-corrected chi connectivity index (χ2v) is 4.09. The van der Waals surface area contributed by atoms with Gasteiger partial charge in [-0.2, -0.15) is 0 Å². The minimum atomic E-state index is -3.20. The van der Waals surface area contributed by atoms with Crippen molar-refractivity contribution in [2.75, 3.05) is 14.2 Å². The highest BCUT2D eigenvalue weighted by Gasteiger charge is 2.27. The SMILES string of the molecule is COP(=O)(OC)[C@H](C)O. The average Bonchev–Trinajstić information content (AvgIpc) is 1.86. The third kappa shape index (κ3) is 2.06. The zero-order valence-electron chi connectivity index (χ0n) is 5.70. The third-order valence-corrected chi connectivity index (χ3v) is 2.90. The molecule has 0 unspecified atom stereocenters. The molecule has 0 aromatic heterocycles. The van der Waals surface area contributed by atoms with Crippen LogP contribution in [0.4, 0.5) is 0 Å². The Morgan fingerprint density at radius 1 is 1.44 bits per heavy atom. The number of hydrogen-bond donors (Lipinski definition) is 1. The summed E-state index contributed by atoms with van der Waals surface area (Å²) >= 11 is 0. The number of aliphatic hydroxyl groups excluding tert-OH is 1. The van der Waals surface area contributed by atoms with E-state index < -0.39 is 13.4 Å². The van der Waals surface area contributed by atoms with E-state index in [2.05, 4.69) is 9.05 Å². The first-order valence-electron chi connectivity index (χ1n) is 2.46. The summed E-state index contributed by atoms with van der Waals surface area (Å²) in [7, 11) is -0.731. The predicted molar refractivity (Wildman–Crippen MR) is 33.3 cm³/mol. The lowest BCUT2D eigenvalue weighted by molar-refractivity contribution is 0.185. The normalized spacial score (nSPS) is 15.6. The van der Waals surface area contributed by atoms with Gasteiger partial charge in [0.15, 0.2) is 5.85 Å². The van der Waals surface area contributed by atoms with Crippen LogP contribution in [-0.4, -0.2) is 25.2 Å². The van der Waals surface area contributed by atoms with Gasteiger partial charge >= 0.3 is 7.60 Å². The molecule has 0 spiro atoms. The van der Waals surface area contributed by atoms with Crippen molar-refractivity contribution in [3.63, 3.8) is 0 Å². The molecule has 0 aromatic rings. The van der Waals surface area contributed by atoms with Gasteiger partial charge in [0.1, 0.15) is 0 Å². The Morgan fingerprint density at radius 3 is 1.78 bits per heavy atom. The van der Waals surface area contributed by atoms with Crippen molar-refractivity contribution in [2.45, 2.75) is 12.8 Å². The molecule has 0 fully saturated rings. The van der Waals surface area contributed by atoms with Gasteiger partial charge in [0, 0.05) is 14.2 Å². The van der Waals surface area contributed by atoms with Crippen molar-refractivity contribution in [2.24, 2.45) is 0 Å². The molecule has 0 aliphatic rings. The molecule has 5 heteroatoms. The van der Waals surface area contributed by atoms with Crippen LogP contribution in [0.1, 0.15) is 6.92 Å². The molecule has 0 heterocycles. The monoisotopic (exact) mass is 154 g/mol. The van der Waals surface area contributed by atoms with Crippen LogP contribution in [0.2, 0.25) is 0 Å². The van der Waals surface area contributed by atoms with Crippen LogP contribution in [0, 0.1) is 0 Å². The van der Waals surface area contributed by atoms with Crippen molar-refractivity contribution in [1.29, 1.82) is 0 Å². The van der Waals surface area contributed by atoms with E-state index in [1.807, 2.05) is 0 Å². The minimum absolute atomic E-state index is 1.06. The summed E-state index contributed by atoms with van der Waals surface area (Å²) in [6, 6.07) is 0. The Morgan fingerprint density at radius 2 is 1.78 bits per heavy atom. The molecule has 4 nitrogen and oxygen atoms in total. The van der Waals surface area contributed by atoms with Gasteiger partial charge < -0.3 is 14.2 Å². The van der Waals surface area contributed by atoms with Gasteiger partial charge in [0.05, 0.1) is 0 Å². The van der Waals surface area contributed by atoms with Gasteiger partial charge in [-0.1, -0.05) is 0 Å². The van der Waals surface area contributed by atoms with E-state index in [4.69, 9.17) is 5.11 Å². The smallest absolute Gasteiger partial charge is 0.358 e. The molecule has 0 aliphatic carbocycles. The largest absolute Gasteiger partial charge is 0.381 e. The maximum absolute atomic E-state index is 11.0. The highest BCUT2D eigenvalue weighted by atomic mass is 31.2. The van der Waals surface area contributed by atoms with Gasteiger partial charge in [-0.15, -0.1) is 0 Å². The van der Waals surface area contributed by atoms with Crippen LogP contribution in [0.5, 0.6) is 0 Å². The maximum atomic E-state index is 11.0. The number of aliphatic hydroxyl groups is 1. The second kappa shape index (κ2) is 3.32. The zero-order chi connectivity index (χ0) is 7.49. The Kier molecular flexibility index (Phi) is 3.36. The zero-order valence-corrected chi connectivity index (χ0v) is 6.59. The van der Waals surface area contributed by atoms with Gasteiger partial charge in [0.25, 0.3) is 0 Å². The van der Waals surface area contributed by atoms with Crippen LogP contribution >= 0.6 is 7.60 Å². The fraction of sp³-hybridized carbons (Fsp3) is 1.00. The molecule has 0 aromatic carbocycles. The Balaban J connectivity index is 4.11. The third-order valence-electron chi connectivity index (χ3n) is 0.967. The van der Waals surface area contributed by atoms with E-state index in [0.29, 0.717) is 0 Å². The fourth-order valence-electron chi connectivity index (χ4n) is 0.380. The molecule has 0 rings (SSSR count). The molecule has 0 amide bonds. The molecule has 0 saturated heterocycles. The predicted octanol–water partition coefficient (Wildman–Crippen LogP) is 0.811. The molecule has 0 bridgehead atoms. The molecule has 1 N–H and O–H groups in total. The molecule has 0 radical (unpaired) electrons. The number of rotatable bonds is 3. The molecule has 0 aliphatic heterocycles. The summed E-state index contributed by atoms with van der Waals surface area (Å²) in [5.41, 5.74) is 0. The minimum Gasteiger partial charge on any atom is -0.381 e. The quantitative estimate of drug-likeness (QED) is 0.611. The van der Waals surface area contributed by atoms with Gasteiger partial charge in [-0.3, -0.25) is 4.57 Å². The lowest BCUT2D eigenvalue weighted by atomic mass is 10.9. The van der Waals surface area contributed by atoms with Crippen LogP contribution < -0.4 is 0 Å². The van der Waals surface area contributed by atoms with Crippen LogP contribution in [-0.2, 0) is 13.6 Å². The highest BCUT2D eigenvalue weighted by molar-refractivity contribution is 7.54. The first kappa shape index (κ1) is 9.11. The maximum Gasteiger partial charge on any atom is 0.358 e. The fourth-order valence-corrected chi connectivity index (χ4v) is 1.14. The Bertz CT molecular complexity index is 114. The second-order valence-electron chi connectivity index (χ2n) is 1.54. The summed E-state index contributed by atoms with van der Waals surface area (Å²) in [5.74, 6) is -1.06. The standard InChI is InChI=1S/C4H11O4P/c1-4(5)9(6,7-2)8-3/h4-5H,1-3H3/t4-/m1/s1. The summed E-state index contributed by atoms with van der Waals surface area (Å²) in [5, 5.41) is 8.76. The van der Waals surface area contributed by atoms with Crippen molar-refractivity contribution in [3.8, 4) is 0 Å². The van der Waals surface area contributed by atoms with E-state index in [-0.39, 0.29) is 0 Å². The molecular weight excluding hydrogens is 143 g/mol. The van der Waals surface area contributed by atoms with Crippen molar-refractivity contribution in [1.82, 2.24) is 0 Å². The Hall–Kier alpha value is 0.110. The molecule has 0 saturated carbocycles. The van der Waals surface area contributed by atoms with E-state index in [1.165, 1.54) is 21.1 Å². The van der Waals surface area contributed by atoms with E-state index in [9.17, 15) is 4.57 Å². The van der Waals surface area contributed by atoms with Crippen LogP contribution in [0.15, 0.2) is 0 Å². The van der Waals surface area contributed by atoms with Crippen molar-refractivity contribution in [3.05, 3.63) is 0 Å². The summed E-state index contributed by atoms with van der Waals surface area (Å²) in [4.78, 5) is 0. The van der Waals surface area contributed by atoms with Gasteiger partial charge in [0.2, 0.25) is 0 Å². The van der Waals surface area contributed by atoms with E-state index in [0.717, 1.165) is 0 Å².